The summed E-state index contributed by atoms with van der Waals surface area (Å²) in [5.41, 5.74) is 0.534. The third kappa shape index (κ3) is 2.05. The maximum Gasteiger partial charge on any atom is 0.325 e. The summed E-state index contributed by atoms with van der Waals surface area (Å²) >= 11 is 7.81. The first-order chi connectivity index (χ1) is 7.08. The number of aliphatic carboxylic acids is 1. The number of nitrogens with zero attached hydrogens (tertiary/aromatic N) is 3. The van der Waals surface area contributed by atoms with Crippen molar-refractivity contribution in [2.45, 2.75) is 6.54 Å². The minimum Gasteiger partial charge on any atom is -0.480 e. The van der Waals surface area contributed by atoms with Crippen LogP contribution >= 0.6 is 34.2 Å². The SMILES string of the molecule is O=C(O)Cn1nc(I)c2cc(Cl)cnc21. The zero-order chi connectivity index (χ0) is 11.0. The summed E-state index contributed by atoms with van der Waals surface area (Å²) in [6.45, 7) is -0.200. The minimum absolute atomic E-state index is 0.200. The van der Waals surface area contributed by atoms with Gasteiger partial charge in [0.05, 0.1) is 10.4 Å². The number of fused-ring (bicyclic) bond motifs is 1. The molecule has 0 aliphatic carbocycles. The van der Waals surface area contributed by atoms with Gasteiger partial charge in [-0.05, 0) is 28.7 Å². The predicted molar refractivity (Wildman–Crippen MR) is 62.9 cm³/mol. The van der Waals surface area contributed by atoms with E-state index in [2.05, 4.69) is 10.1 Å². The Morgan fingerprint density at radius 3 is 3.07 bits per heavy atom. The molecule has 7 heteroatoms. The van der Waals surface area contributed by atoms with Crippen molar-refractivity contribution >= 4 is 51.2 Å². The summed E-state index contributed by atoms with van der Waals surface area (Å²) < 4.78 is 2.04. The van der Waals surface area contributed by atoms with Crippen LogP contribution in [0.1, 0.15) is 0 Å². The summed E-state index contributed by atoms with van der Waals surface area (Å²) in [5.74, 6) is -0.951. The largest absolute Gasteiger partial charge is 0.480 e. The fraction of sp³-hybridized carbons (Fsp3) is 0.125. The first-order valence-corrected chi connectivity index (χ1v) is 5.43. The lowest BCUT2D eigenvalue weighted by Crippen LogP contribution is -2.10. The Labute approximate surface area is 103 Å². The highest BCUT2D eigenvalue weighted by atomic mass is 127. The highest BCUT2D eigenvalue weighted by Gasteiger charge is 2.11. The quantitative estimate of drug-likeness (QED) is 0.848. The number of halogens is 2. The van der Waals surface area contributed by atoms with Gasteiger partial charge in [0.25, 0.3) is 0 Å². The van der Waals surface area contributed by atoms with Crippen LogP contribution in [0.15, 0.2) is 12.3 Å². The molecule has 2 aromatic rings. The Bertz CT molecular complexity index is 540. The molecule has 0 fully saturated rings. The van der Waals surface area contributed by atoms with Crippen molar-refractivity contribution < 1.29 is 9.90 Å². The van der Waals surface area contributed by atoms with E-state index in [1.54, 1.807) is 6.07 Å². The van der Waals surface area contributed by atoms with Crippen molar-refractivity contribution in [3.63, 3.8) is 0 Å². The van der Waals surface area contributed by atoms with E-state index in [9.17, 15) is 4.79 Å². The van der Waals surface area contributed by atoms with Gasteiger partial charge in [-0.3, -0.25) is 4.79 Å². The maximum absolute atomic E-state index is 10.6. The molecule has 0 aromatic carbocycles. The lowest BCUT2D eigenvalue weighted by atomic mass is 10.3. The van der Waals surface area contributed by atoms with E-state index < -0.39 is 5.97 Å². The molecule has 0 unspecified atom stereocenters. The zero-order valence-electron chi connectivity index (χ0n) is 7.31. The van der Waals surface area contributed by atoms with Crippen LogP contribution in [-0.2, 0) is 11.3 Å². The molecule has 0 saturated heterocycles. The van der Waals surface area contributed by atoms with E-state index in [1.165, 1.54) is 10.9 Å². The number of carboxylic acid groups (broad SMARTS) is 1. The van der Waals surface area contributed by atoms with E-state index >= 15 is 0 Å². The van der Waals surface area contributed by atoms with Crippen LogP contribution in [0.25, 0.3) is 11.0 Å². The standard InChI is InChI=1S/C8H5ClIN3O2/c9-4-1-5-7(10)12-13(3-6(14)15)8(5)11-2-4/h1-2H,3H2,(H,14,15). The highest BCUT2D eigenvalue weighted by Crippen LogP contribution is 2.21. The van der Waals surface area contributed by atoms with Crippen molar-refractivity contribution in [3.05, 3.63) is 21.0 Å². The monoisotopic (exact) mass is 337 g/mol. The molecule has 78 valence electrons. The highest BCUT2D eigenvalue weighted by molar-refractivity contribution is 14.1. The number of carboxylic acids is 1. The Kier molecular flexibility index (Phi) is 2.79. The Hall–Kier alpha value is -0.890. The number of carbonyl (C=O) groups is 1. The second kappa shape index (κ2) is 3.93. The third-order valence-electron chi connectivity index (χ3n) is 1.79. The summed E-state index contributed by atoms with van der Waals surface area (Å²) in [7, 11) is 0. The zero-order valence-corrected chi connectivity index (χ0v) is 10.2. The van der Waals surface area contributed by atoms with Crippen LogP contribution in [-0.4, -0.2) is 25.8 Å². The molecule has 0 aliphatic rings. The van der Waals surface area contributed by atoms with E-state index in [0.717, 1.165) is 5.39 Å². The Morgan fingerprint density at radius 1 is 1.67 bits per heavy atom. The van der Waals surface area contributed by atoms with E-state index in [1.807, 2.05) is 22.6 Å². The molecule has 0 radical (unpaired) electrons. The summed E-state index contributed by atoms with van der Waals surface area (Å²) in [6, 6.07) is 1.72. The van der Waals surface area contributed by atoms with Crippen molar-refractivity contribution in [2.24, 2.45) is 0 Å². The van der Waals surface area contributed by atoms with Crippen LogP contribution in [0.5, 0.6) is 0 Å². The molecule has 0 aliphatic heterocycles. The fourth-order valence-corrected chi connectivity index (χ4v) is 2.05. The molecule has 1 N–H and O–H groups in total. The average molecular weight is 338 g/mol. The van der Waals surface area contributed by atoms with Crippen molar-refractivity contribution in [1.82, 2.24) is 14.8 Å². The second-order valence-electron chi connectivity index (χ2n) is 2.87. The van der Waals surface area contributed by atoms with Crippen molar-refractivity contribution in [2.75, 3.05) is 0 Å². The molecule has 15 heavy (non-hydrogen) atoms. The first kappa shape index (κ1) is 10.6. The van der Waals surface area contributed by atoms with Crippen LogP contribution in [0.3, 0.4) is 0 Å². The third-order valence-corrected chi connectivity index (χ3v) is 2.80. The first-order valence-electron chi connectivity index (χ1n) is 3.97. The molecule has 0 spiro atoms. The van der Waals surface area contributed by atoms with E-state index in [0.29, 0.717) is 14.4 Å². The fourth-order valence-electron chi connectivity index (χ4n) is 1.24. The number of aromatic nitrogens is 3. The summed E-state index contributed by atoms with van der Waals surface area (Å²) in [5, 5.41) is 14.0. The van der Waals surface area contributed by atoms with Gasteiger partial charge in [-0.25, -0.2) is 9.67 Å². The van der Waals surface area contributed by atoms with Gasteiger partial charge in [0.15, 0.2) is 5.65 Å². The Morgan fingerprint density at radius 2 is 2.40 bits per heavy atom. The lowest BCUT2D eigenvalue weighted by molar-refractivity contribution is -0.137. The van der Waals surface area contributed by atoms with Crippen LogP contribution in [0.4, 0.5) is 0 Å². The van der Waals surface area contributed by atoms with E-state index in [-0.39, 0.29) is 6.54 Å². The van der Waals surface area contributed by atoms with Crippen molar-refractivity contribution in [3.8, 4) is 0 Å². The number of hydrogen-bond acceptors (Lipinski definition) is 3. The predicted octanol–water partition coefficient (Wildman–Crippen LogP) is 1.77. The second-order valence-corrected chi connectivity index (χ2v) is 4.33. The molecule has 2 heterocycles. The van der Waals surface area contributed by atoms with Gasteiger partial charge >= 0.3 is 5.97 Å². The van der Waals surface area contributed by atoms with Gasteiger partial charge in [-0.15, -0.1) is 0 Å². The molecular formula is C8H5ClIN3O2. The Balaban J connectivity index is 2.62. The minimum atomic E-state index is -0.951. The van der Waals surface area contributed by atoms with Crippen LogP contribution in [0.2, 0.25) is 5.02 Å². The number of hydrogen-bond donors (Lipinski definition) is 1. The molecule has 2 aromatic heterocycles. The number of pyridine rings is 1. The molecule has 0 saturated carbocycles. The van der Waals surface area contributed by atoms with Gasteiger partial charge in [0, 0.05) is 6.20 Å². The topological polar surface area (TPSA) is 68.0 Å². The summed E-state index contributed by atoms with van der Waals surface area (Å²) in [6.07, 6.45) is 1.47. The van der Waals surface area contributed by atoms with Gasteiger partial charge in [0.1, 0.15) is 10.2 Å². The molecule has 0 bridgehead atoms. The van der Waals surface area contributed by atoms with Crippen molar-refractivity contribution in [1.29, 1.82) is 0 Å². The number of rotatable bonds is 2. The lowest BCUT2D eigenvalue weighted by Gasteiger charge is -1.97. The van der Waals surface area contributed by atoms with Gasteiger partial charge in [-0.2, -0.15) is 5.10 Å². The van der Waals surface area contributed by atoms with E-state index in [4.69, 9.17) is 16.7 Å². The molecule has 2 rings (SSSR count). The molecule has 0 amide bonds. The molecular weight excluding hydrogens is 332 g/mol. The van der Waals surface area contributed by atoms with Crippen LogP contribution < -0.4 is 0 Å². The normalized spacial score (nSPS) is 10.8. The maximum atomic E-state index is 10.6. The van der Waals surface area contributed by atoms with Gasteiger partial charge in [0.2, 0.25) is 0 Å². The molecule has 0 atom stereocenters. The molecule has 5 nitrogen and oxygen atoms in total. The van der Waals surface area contributed by atoms with Gasteiger partial charge < -0.3 is 5.11 Å². The summed E-state index contributed by atoms with van der Waals surface area (Å²) in [4.78, 5) is 14.6. The smallest absolute Gasteiger partial charge is 0.325 e. The van der Waals surface area contributed by atoms with Crippen LogP contribution in [0, 0.1) is 3.70 Å². The average Bonchev–Trinajstić information content (AvgIpc) is 2.42. The van der Waals surface area contributed by atoms with Gasteiger partial charge in [-0.1, -0.05) is 11.6 Å².